The van der Waals surface area contributed by atoms with Gasteiger partial charge in [0.15, 0.2) is 0 Å². The van der Waals surface area contributed by atoms with Crippen molar-refractivity contribution in [3.8, 4) is 6.07 Å². The van der Waals surface area contributed by atoms with Crippen LogP contribution < -0.4 is 5.32 Å². The molecule has 0 spiro atoms. The van der Waals surface area contributed by atoms with Gasteiger partial charge in [0.05, 0.1) is 11.6 Å². The molecule has 0 saturated carbocycles. The summed E-state index contributed by atoms with van der Waals surface area (Å²) in [5.74, 6) is 1.09. The summed E-state index contributed by atoms with van der Waals surface area (Å²) >= 11 is 1.83. The zero-order chi connectivity index (χ0) is 11.1. The Morgan fingerprint density at radius 1 is 1.47 bits per heavy atom. The van der Waals surface area contributed by atoms with Crippen LogP contribution in [0.5, 0.6) is 0 Å². The Labute approximate surface area is 95.7 Å². The summed E-state index contributed by atoms with van der Waals surface area (Å²) in [5, 5.41) is 12.3. The smallest absolute Gasteiger partial charge is 0.0995 e. The van der Waals surface area contributed by atoms with Gasteiger partial charge in [-0.15, -0.1) is 0 Å². The minimum absolute atomic E-state index is 0.478. The van der Waals surface area contributed by atoms with Gasteiger partial charge in [-0.1, -0.05) is 18.2 Å². The van der Waals surface area contributed by atoms with Crippen LogP contribution in [-0.4, -0.2) is 18.1 Å². The van der Waals surface area contributed by atoms with E-state index in [4.69, 9.17) is 5.26 Å². The highest BCUT2D eigenvalue weighted by molar-refractivity contribution is 7.98. The van der Waals surface area contributed by atoms with E-state index in [0.29, 0.717) is 6.04 Å². The molecule has 1 unspecified atom stereocenters. The van der Waals surface area contributed by atoms with Crippen molar-refractivity contribution in [3.63, 3.8) is 0 Å². The van der Waals surface area contributed by atoms with Crippen LogP contribution in [0.15, 0.2) is 24.3 Å². The lowest BCUT2D eigenvalue weighted by molar-refractivity contribution is 0.595. The van der Waals surface area contributed by atoms with Gasteiger partial charge in [-0.25, -0.2) is 0 Å². The van der Waals surface area contributed by atoms with E-state index in [-0.39, 0.29) is 0 Å². The van der Waals surface area contributed by atoms with E-state index in [0.717, 1.165) is 23.4 Å². The van der Waals surface area contributed by atoms with Gasteiger partial charge in [0.1, 0.15) is 0 Å². The van der Waals surface area contributed by atoms with E-state index in [1.54, 1.807) is 0 Å². The molecule has 1 atom stereocenters. The Hall–Kier alpha value is -0.980. The fourth-order valence-electron chi connectivity index (χ4n) is 1.38. The van der Waals surface area contributed by atoms with Crippen LogP contribution in [0, 0.1) is 11.3 Å². The van der Waals surface area contributed by atoms with Gasteiger partial charge in [0.25, 0.3) is 0 Å². The average molecular weight is 220 g/mol. The van der Waals surface area contributed by atoms with Crippen LogP contribution in [-0.2, 0) is 6.54 Å². The Morgan fingerprint density at radius 2 is 2.20 bits per heavy atom. The topological polar surface area (TPSA) is 35.8 Å². The first-order chi connectivity index (χ1) is 7.27. The molecule has 0 aliphatic rings. The maximum absolute atomic E-state index is 8.91. The quantitative estimate of drug-likeness (QED) is 0.827. The molecule has 0 radical (unpaired) electrons. The number of nitriles is 1. The molecule has 0 aliphatic carbocycles. The standard InChI is InChI=1S/C12H16N2S/c1-10(9-15-2)14-8-12-6-4-3-5-11(12)7-13/h3-6,10,14H,8-9H2,1-2H3. The second kappa shape index (κ2) is 6.49. The minimum Gasteiger partial charge on any atom is -0.309 e. The third-order valence-corrected chi connectivity index (χ3v) is 3.03. The molecule has 1 rings (SSSR count). The van der Waals surface area contributed by atoms with E-state index in [2.05, 4.69) is 24.6 Å². The maximum Gasteiger partial charge on any atom is 0.0995 e. The lowest BCUT2D eigenvalue weighted by Crippen LogP contribution is -2.27. The summed E-state index contributed by atoms with van der Waals surface area (Å²) in [4.78, 5) is 0. The van der Waals surface area contributed by atoms with Gasteiger partial charge < -0.3 is 5.32 Å². The molecule has 1 N–H and O–H groups in total. The third-order valence-electron chi connectivity index (χ3n) is 2.20. The molecule has 0 aliphatic heterocycles. The largest absolute Gasteiger partial charge is 0.309 e. The van der Waals surface area contributed by atoms with Gasteiger partial charge in [-0.3, -0.25) is 0 Å². The monoisotopic (exact) mass is 220 g/mol. The van der Waals surface area contributed by atoms with E-state index in [9.17, 15) is 0 Å². The second-order valence-corrected chi connectivity index (χ2v) is 4.42. The number of nitrogens with zero attached hydrogens (tertiary/aromatic N) is 1. The van der Waals surface area contributed by atoms with Gasteiger partial charge >= 0.3 is 0 Å². The summed E-state index contributed by atoms with van der Waals surface area (Å²) in [6.07, 6.45) is 2.10. The molecule has 0 bridgehead atoms. The number of benzene rings is 1. The Balaban J connectivity index is 2.54. The second-order valence-electron chi connectivity index (χ2n) is 3.51. The third kappa shape index (κ3) is 3.94. The predicted molar refractivity (Wildman–Crippen MR) is 65.8 cm³/mol. The van der Waals surface area contributed by atoms with Crippen molar-refractivity contribution in [1.82, 2.24) is 5.32 Å². The SMILES string of the molecule is CSCC(C)NCc1ccccc1C#N. The molecule has 1 aromatic rings. The van der Waals surface area contributed by atoms with Crippen LogP contribution in [0.4, 0.5) is 0 Å². The number of thioether (sulfide) groups is 1. The molecule has 0 aromatic heterocycles. The van der Waals surface area contributed by atoms with Crippen molar-refractivity contribution in [2.75, 3.05) is 12.0 Å². The van der Waals surface area contributed by atoms with Crippen LogP contribution in [0.1, 0.15) is 18.1 Å². The van der Waals surface area contributed by atoms with Crippen LogP contribution >= 0.6 is 11.8 Å². The number of rotatable bonds is 5. The van der Waals surface area contributed by atoms with E-state index < -0.39 is 0 Å². The van der Waals surface area contributed by atoms with Gasteiger partial charge in [-0.05, 0) is 24.8 Å². The van der Waals surface area contributed by atoms with Gasteiger partial charge in [0, 0.05) is 18.3 Å². The average Bonchev–Trinajstić information content (AvgIpc) is 2.27. The Bertz CT molecular complexity index is 344. The number of hydrogen-bond acceptors (Lipinski definition) is 3. The molecule has 0 fully saturated rings. The minimum atomic E-state index is 0.478. The van der Waals surface area contributed by atoms with E-state index in [1.807, 2.05) is 36.0 Å². The predicted octanol–water partition coefficient (Wildman–Crippen LogP) is 2.40. The van der Waals surface area contributed by atoms with E-state index >= 15 is 0 Å². The van der Waals surface area contributed by atoms with Crippen LogP contribution in [0.25, 0.3) is 0 Å². The van der Waals surface area contributed by atoms with Crippen molar-refractivity contribution < 1.29 is 0 Å². The summed E-state index contributed by atoms with van der Waals surface area (Å²) in [6.45, 7) is 2.93. The molecule has 1 aromatic carbocycles. The normalized spacial score (nSPS) is 12.1. The molecular weight excluding hydrogens is 204 g/mol. The van der Waals surface area contributed by atoms with E-state index in [1.165, 1.54) is 0 Å². The van der Waals surface area contributed by atoms with Crippen molar-refractivity contribution in [1.29, 1.82) is 5.26 Å². The molecule has 3 heteroatoms. The fraction of sp³-hybridized carbons (Fsp3) is 0.417. The summed E-state index contributed by atoms with van der Waals surface area (Å²) in [7, 11) is 0. The summed E-state index contributed by atoms with van der Waals surface area (Å²) in [6, 6.07) is 10.4. The van der Waals surface area contributed by atoms with Crippen LogP contribution in [0.3, 0.4) is 0 Å². The van der Waals surface area contributed by atoms with Crippen molar-refractivity contribution in [2.45, 2.75) is 19.5 Å². The van der Waals surface area contributed by atoms with Gasteiger partial charge in [0.2, 0.25) is 0 Å². The fourth-order valence-corrected chi connectivity index (χ4v) is 1.99. The Kier molecular flexibility index (Phi) is 5.23. The maximum atomic E-state index is 8.91. The highest BCUT2D eigenvalue weighted by atomic mass is 32.2. The lowest BCUT2D eigenvalue weighted by Gasteiger charge is -2.12. The molecule has 0 heterocycles. The highest BCUT2D eigenvalue weighted by Crippen LogP contribution is 2.07. The number of nitrogens with one attached hydrogen (secondary N) is 1. The molecule has 80 valence electrons. The first-order valence-electron chi connectivity index (χ1n) is 4.98. The first-order valence-corrected chi connectivity index (χ1v) is 6.37. The van der Waals surface area contributed by atoms with Crippen molar-refractivity contribution >= 4 is 11.8 Å². The zero-order valence-electron chi connectivity index (χ0n) is 9.16. The van der Waals surface area contributed by atoms with Gasteiger partial charge in [-0.2, -0.15) is 17.0 Å². The molecule has 2 nitrogen and oxygen atoms in total. The van der Waals surface area contributed by atoms with Crippen molar-refractivity contribution in [2.24, 2.45) is 0 Å². The molecule has 0 saturated heterocycles. The zero-order valence-corrected chi connectivity index (χ0v) is 9.97. The van der Waals surface area contributed by atoms with Crippen molar-refractivity contribution in [3.05, 3.63) is 35.4 Å². The summed E-state index contributed by atoms with van der Waals surface area (Å²) < 4.78 is 0. The molecule has 0 amide bonds. The molecular formula is C12H16N2S. The Morgan fingerprint density at radius 3 is 2.87 bits per heavy atom. The number of hydrogen-bond donors (Lipinski definition) is 1. The lowest BCUT2D eigenvalue weighted by atomic mass is 10.1. The first kappa shape index (κ1) is 12.1. The highest BCUT2D eigenvalue weighted by Gasteiger charge is 2.03. The summed E-state index contributed by atoms with van der Waals surface area (Å²) in [5.41, 5.74) is 1.84. The molecule has 15 heavy (non-hydrogen) atoms. The van der Waals surface area contributed by atoms with Crippen LogP contribution in [0.2, 0.25) is 0 Å².